The van der Waals surface area contributed by atoms with Gasteiger partial charge in [-0.2, -0.15) is 13.2 Å². The fourth-order valence-corrected chi connectivity index (χ4v) is 3.55. The fraction of sp³-hybridized carbons (Fsp3) is 0.294. The molecule has 1 atom stereocenters. The van der Waals surface area contributed by atoms with Crippen LogP contribution in [0.4, 0.5) is 18.9 Å². The summed E-state index contributed by atoms with van der Waals surface area (Å²) < 4.78 is 63.2. The smallest absolute Gasteiger partial charge is 0.373 e. The lowest BCUT2D eigenvalue weighted by Crippen LogP contribution is -2.52. The zero-order valence-corrected chi connectivity index (χ0v) is 16.5. The van der Waals surface area contributed by atoms with Crippen LogP contribution in [-0.2, 0) is 19.4 Å². The standard InChI is InChI=1S/C17H18F3NO5S2/c1-16(24,17(18,19)20)15(23)21-13-4-3-5-14(10-13)28(25,26)11-12(6-8-22)7-9-27-2/h3-10,24H,11H2,1-2H3,(H,21,23)/b9-7-,12-6-. The second-order valence-electron chi connectivity index (χ2n) is 5.73. The van der Waals surface area contributed by atoms with Gasteiger partial charge in [0.15, 0.2) is 9.84 Å². The highest BCUT2D eigenvalue weighted by atomic mass is 32.2. The molecule has 1 amide bonds. The Labute approximate surface area is 164 Å². The molecule has 1 aromatic carbocycles. The summed E-state index contributed by atoms with van der Waals surface area (Å²) in [5, 5.41) is 12.8. The first-order valence-electron chi connectivity index (χ1n) is 7.62. The number of carbonyl (C=O) groups is 2. The van der Waals surface area contributed by atoms with Gasteiger partial charge in [0, 0.05) is 5.69 Å². The number of sulfone groups is 1. The van der Waals surface area contributed by atoms with E-state index in [4.69, 9.17) is 0 Å². The number of aliphatic hydroxyl groups is 1. The summed E-state index contributed by atoms with van der Waals surface area (Å²) in [6, 6.07) is 4.57. The first kappa shape index (κ1) is 23.9. The molecule has 0 fully saturated rings. The van der Waals surface area contributed by atoms with Crippen molar-refractivity contribution in [2.45, 2.75) is 23.6 Å². The van der Waals surface area contributed by atoms with Crippen LogP contribution in [0.1, 0.15) is 6.92 Å². The third-order valence-electron chi connectivity index (χ3n) is 3.50. The number of benzene rings is 1. The van der Waals surface area contributed by atoms with E-state index in [1.54, 1.807) is 11.7 Å². The average Bonchev–Trinajstić information content (AvgIpc) is 2.58. The van der Waals surface area contributed by atoms with Crippen molar-refractivity contribution in [1.82, 2.24) is 0 Å². The van der Waals surface area contributed by atoms with Gasteiger partial charge < -0.3 is 10.4 Å². The molecular formula is C17H18F3NO5S2. The molecule has 0 bridgehead atoms. The maximum Gasteiger partial charge on any atom is 0.426 e. The van der Waals surface area contributed by atoms with Crippen LogP contribution in [0.25, 0.3) is 0 Å². The normalized spacial score (nSPS) is 15.3. The maximum atomic E-state index is 12.7. The van der Waals surface area contributed by atoms with E-state index in [2.05, 4.69) is 0 Å². The van der Waals surface area contributed by atoms with Gasteiger partial charge in [-0.15, -0.1) is 11.8 Å². The number of nitrogens with one attached hydrogen (secondary N) is 1. The second-order valence-corrected chi connectivity index (χ2v) is 8.46. The van der Waals surface area contributed by atoms with E-state index in [0.717, 1.165) is 12.1 Å². The Balaban J connectivity index is 3.13. The summed E-state index contributed by atoms with van der Waals surface area (Å²) in [7, 11) is -3.96. The van der Waals surface area contributed by atoms with Crippen molar-refractivity contribution in [3.63, 3.8) is 0 Å². The largest absolute Gasteiger partial charge is 0.426 e. The predicted octanol–water partition coefficient (Wildman–Crippen LogP) is 2.71. The number of aldehydes is 1. The molecule has 0 saturated heterocycles. The van der Waals surface area contributed by atoms with Crippen LogP contribution in [0, 0.1) is 0 Å². The van der Waals surface area contributed by atoms with Crippen LogP contribution in [0.5, 0.6) is 0 Å². The van der Waals surface area contributed by atoms with E-state index < -0.39 is 33.3 Å². The summed E-state index contributed by atoms with van der Waals surface area (Å²) in [4.78, 5) is 22.1. The van der Waals surface area contributed by atoms with E-state index in [-0.39, 0.29) is 23.1 Å². The van der Waals surface area contributed by atoms with Gasteiger partial charge in [0.1, 0.15) is 6.29 Å². The van der Waals surface area contributed by atoms with Gasteiger partial charge in [-0.05, 0) is 48.4 Å². The third-order valence-corrected chi connectivity index (χ3v) is 5.60. The van der Waals surface area contributed by atoms with Gasteiger partial charge in [0.25, 0.3) is 5.91 Å². The molecule has 0 saturated carbocycles. The highest BCUT2D eigenvalue weighted by Crippen LogP contribution is 2.31. The molecule has 6 nitrogen and oxygen atoms in total. The minimum Gasteiger partial charge on any atom is -0.373 e. The molecule has 1 aromatic rings. The second kappa shape index (κ2) is 9.39. The Kier molecular flexibility index (Phi) is 8.03. The van der Waals surface area contributed by atoms with Gasteiger partial charge in [-0.1, -0.05) is 12.1 Å². The molecule has 154 valence electrons. The molecule has 2 N–H and O–H groups in total. The fourth-order valence-electron chi connectivity index (χ4n) is 1.85. The van der Waals surface area contributed by atoms with E-state index in [9.17, 15) is 36.3 Å². The molecular weight excluding hydrogens is 419 g/mol. The summed E-state index contributed by atoms with van der Waals surface area (Å²) in [5.74, 6) is -2.28. The quantitative estimate of drug-likeness (QED) is 0.369. The minimum atomic E-state index is -5.21. The maximum absolute atomic E-state index is 12.7. The van der Waals surface area contributed by atoms with Crippen LogP contribution in [0.15, 0.2) is 52.3 Å². The number of amides is 1. The Morgan fingerprint density at radius 2 is 1.96 bits per heavy atom. The lowest BCUT2D eigenvalue weighted by molar-refractivity contribution is -0.242. The van der Waals surface area contributed by atoms with Crippen molar-refractivity contribution in [2.24, 2.45) is 0 Å². The number of carbonyl (C=O) groups excluding carboxylic acids is 2. The van der Waals surface area contributed by atoms with Crippen molar-refractivity contribution in [2.75, 3.05) is 17.3 Å². The monoisotopic (exact) mass is 437 g/mol. The van der Waals surface area contributed by atoms with Gasteiger partial charge in [0.2, 0.25) is 5.60 Å². The number of halogens is 3. The predicted molar refractivity (Wildman–Crippen MR) is 101 cm³/mol. The summed E-state index contributed by atoms with van der Waals surface area (Å²) in [5.41, 5.74) is -3.68. The number of rotatable bonds is 8. The number of thioether (sulfide) groups is 1. The van der Waals surface area contributed by atoms with Gasteiger partial charge in [0.05, 0.1) is 10.6 Å². The first-order valence-corrected chi connectivity index (χ1v) is 10.6. The zero-order valence-electron chi connectivity index (χ0n) is 14.9. The Hall–Kier alpha value is -2.11. The molecule has 28 heavy (non-hydrogen) atoms. The number of hydrogen-bond acceptors (Lipinski definition) is 6. The Morgan fingerprint density at radius 3 is 2.50 bits per heavy atom. The summed E-state index contributed by atoms with van der Waals surface area (Å²) in [6.45, 7) is 0.289. The molecule has 0 aromatic heterocycles. The van der Waals surface area contributed by atoms with Crippen LogP contribution in [0.3, 0.4) is 0 Å². The Morgan fingerprint density at radius 1 is 1.32 bits per heavy atom. The lowest BCUT2D eigenvalue weighted by Gasteiger charge is -2.24. The molecule has 0 heterocycles. The highest BCUT2D eigenvalue weighted by Gasteiger charge is 2.55. The minimum absolute atomic E-state index is 0.207. The molecule has 11 heteroatoms. The average molecular weight is 437 g/mol. The van der Waals surface area contributed by atoms with E-state index in [0.29, 0.717) is 6.29 Å². The zero-order chi connectivity index (χ0) is 21.6. The van der Waals surface area contributed by atoms with Crippen LogP contribution >= 0.6 is 11.8 Å². The summed E-state index contributed by atoms with van der Waals surface area (Å²) in [6.07, 6.45) is -0.505. The summed E-state index contributed by atoms with van der Waals surface area (Å²) >= 11 is 1.30. The van der Waals surface area contributed by atoms with Crippen molar-refractivity contribution in [1.29, 1.82) is 0 Å². The molecule has 0 radical (unpaired) electrons. The molecule has 0 aliphatic rings. The van der Waals surface area contributed by atoms with Crippen LogP contribution < -0.4 is 5.32 Å². The Bertz CT molecular complexity index is 890. The molecule has 0 aliphatic heterocycles. The number of hydrogen-bond donors (Lipinski definition) is 2. The number of anilines is 1. The van der Waals surface area contributed by atoms with Crippen molar-refractivity contribution in [3.8, 4) is 0 Å². The molecule has 1 rings (SSSR count). The van der Waals surface area contributed by atoms with Gasteiger partial charge >= 0.3 is 6.18 Å². The third kappa shape index (κ3) is 6.21. The molecule has 0 spiro atoms. The SMILES string of the molecule is CS/C=C\C(=C\C=O)CS(=O)(=O)c1cccc(NC(=O)C(C)(O)C(F)(F)F)c1. The van der Waals surface area contributed by atoms with Gasteiger partial charge in [-0.25, -0.2) is 8.42 Å². The van der Waals surface area contributed by atoms with Crippen molar-refractivity contribution < 1.29 is 36.3 Å². The van der Waals surface area contributed by atoms with E-state index in [1.165, 1.54) is 36.0 Å². The van der Waals surface area contributed by atoms with E-state index in [1.807, 2.05) is 5.32 Å². The molecule has 1 unspecified atom stereocenters. The van der Waals surface area contributed by atoms with Crippen LogP contribution in [0.2, 0.25) is 0 Å². The first-order chi connectivity index (χ1) is 12.8. The van der Waals surface area contributed by atoms with Crippen molar-refractivity contribution in [3.05, 3.63) is 47.4 Å². The van der Waals surface area contributed by atoms with E-state index >= 15 is 0 Å². The topological polar surface area (TPSA) is 101 Å². The molecule has 0 aliphatic carbocycles. The lowest BCUT2D eigenvalue weighted by atomic mass is 10.1. The number of allylic oxidation sites excluding steroid dienone is 2. The van der Waals surface area contributed by atoms with Crippen molar-refractivity contribution >= 4 is 39.5 Å². The van der Waals surface area contributed by atoms with Gasteiger partial charge in [-0.3, -0.25) is 9.59 Å². The van der Waals surface area contributed by atoms with Crippen LogP contribution in [-0.4, -0.2) is 49.5 Å². The number of alkyl halides is 3. The highest BCUT2D eigenvalue weighted by molar-refractivity contribution is 8.01.